The number of hydrogen-bond acceptors (Lipinski definition) is 0. The van der Waals surface area contributed by atoms with Crippen molar-refractivity contribution in [3.63, 3.8) is 0 Å². The molecule has 0 saturated heterocycles. The number of hydrogen-bond donors (Lipinski definition) is 0. The first-order valence-electron chi connectivity index (χ1n) is 3.50. The Balaban J connectivity index is 3.44. The first-order valence-corrected chi connectivity index (χ1v) is 4.75. The van der Waals surface area contributed by atoms with E-state index in [1.807, 2.05) is 0 Å². The third kappa shape index (κ3) is 2.68. The van der Waals surface area contributed by atoms with Crippen molar-refractivity contribution < 1.29 is 17.6 Å². The molecule has 0 aliphatic carbocycles. The summed E-state index contributed by atoms with van der Waals surface area (Å²) in [6.07, 6.45) is -4.90. The Kier molecular flexibility index (Phi) is 3.74. The lowest BCUT2D eigenvalue weighted by Gasteiger charge is -2.13. The second kappa shape index (κ2) is 4.36. The Morgan fingerprint density at radius 2 is 1.80 bits per heavy atom. The fourth-order valence-corrected chi connectivity index (χ4v) is 1.75. The van der Waals surface area contributed by atoms with E-state index in [4.69, 9.17) is 34.8 Å². The van der Waals surface area contributed by atoms with Crippen LogP contribution >= 0.6 is 34.8 Å². The Morgan fingerprint density at radius 1 is 1.27 bits per heavy atom. The van der Waals surface area contributed by atoms with Crippen LogP contribution in [-0.4, -0.2) is 0 Å². The molecule has 0 nitrogen and oxygen atoms in total. The van der Waals surface area contributed by atoms with Crippen LogP contribution in [0.2, 0.25) is 5.02 Å². The van der Waals surface area contributed by atoms with E-state index >= 15 is 0 Å². The minimum Gasteiger partial charge on any atom is -0.206 e. The maximum Gasteiger partial charge on any atom is 0.420 e. The van der Waals surface area contributed by atoms with Gasteiger partial charge in [0.15, 0.2) is 0 Å². The van der Waals surface area contributed by atoms with Gasteiger partial charge in [-0.1, -0.05) is 34.8 Å². The van der Waals surface area contributed by atoms with Gasteiger partial charge in [-0.3, -0.25) is 0 Å². The molecule has 1 rings (SSSR count). The summed E-state index contributed by atoms with van der Waals surface area (Å²) in [5.41, 5.74) is -1.88. The van der Waals surface area contributed by atoms with Gasteiger partial charge < -0.3 is 0 Å². The average Bonchev–Trinajstić information content (AvgIpc) is 2.00. The maximum absolute atomic E-state index is 12.9. The van der Waals surface area contributed by atoms with Crippen LogP contribution < -0.4 is 0 Å². The highest BCUT2D eigenvalue weighted by atomic mass is 35.5. The van der Waals surface area contributed by atoms with Crippen LogP contribution in [0.4, 0.5) is 17.6 Å². The summed E-state index contributed by atoms with van der Waals surface area (Å²) in [7, 11) is 0. The Bertz CT molecular complexity index is 373. The van der Waals surface area contributed by atoms with Crippen molar-refractivity contribution in [3.05, 3.63) is 34.1 Å². The summed E-state index contributed by atoms with van der Waals surface area (Å²) in [4.78, 5) is -1.29. The highest BCUT2D eigenvalue weighted by Crippen LogP contribution is 2.41. The molecule has 0 spiro atoms. The lowest BCUT2D eigenvalue weighted by atomic mass is 10.1. The second-order valence-corrected chi connectivity index (χ2v) is 4.01. The predicted molar refractivity (Wildman–Crippen MR) is 49.7 cm³/mol. The molecule has 1 radical (unpaired) electrons. The van der Waals surface area contributed by atoms with Crippen LogP contribution in [0.25, 0.3) is 0 Å². The molecule has 0 saturated carbocycles. The molecule has 0 unspecified atom stereocenters. The van der Waals surface area contributed by atoms with E-state index in [2.05, 4.69) is 6.07 Å². The number of halogens is 7. The quantitative estimate of drug-likeness (QED) is 0.513. The van der Waals surface area contributed by atoms with Crippen LogP contribution in [0.15, 0.2) is 6.07 Å². The van der Waals surface area contributed by atoms with Crippen molar-refractivity contribution >= 4 is 34.8 Å². The summed E-state index contributed by atoms with van der Waals surface area (Å²) in [5.74, 6) is -1.51. The Hall–Kier alpha value is -0.190. The van der Waals surface area contributed by atoms with Crippen molar-refractivity contribution in [2.24, 2.45) is 0 Å². The van der Waals surface area contributed by atoms with E-state index < -0.39 is 27.4 Å². The van der Waals surface area contributed by atoms with E-state index in [9.17, 15) is 17.6 Å². The molecule has 1 aromatic carbocycles. The van der Waals surface area contributed by atoms with Gasteiger partial charge >= 0.3 is 6.18 Å². The molecule has 1 aromatic rings. The van der Waals surface area contributed by atoms with Crippen LogP contribution in [0.3, 0.4) is 0 Å². The lowest BCUT2D eigenvalue weighted by molar-refractivity contribution is -0.139. The lowest BCUT2D eigenvalue weighted by Crippen LogP contribution is -2.10. The molecular formula is C8H2Cl3F4. The largest absolute Gasteiger partial charge is 0.420 e. The SMILES string of the molecule is Fc1c[c]c(C(Cl)Cl)c(Cl)c1C(F)(F)F. The maximum atomic E-state index is 12.9. The number of alkyl halides is 5. The summed E-state index contributed by atoms with van der Waals surface area (Å²) in [6.45, 7) is 0. The minimum atomic E-state index is -4.90. The molecule has 0 fully saturated rings. The van der Waals surface area contributed by atoms with Crippen molar-refractivity contribution in [1.29, 1.82) is 0 Å². The molecule has 0 bridgehead atoms. The Labute approximate surface area is 97.7 Å². The summed E-state index contributed by atoms with van der Waals surface area (Å²) in [6, 6.07) is 2.65. The standard InChI is InChI=1S/C8H2Cl3F4/c9-6-3(7(10)11)1-2-4(12)5(6)8(13,14)15/h2,7H. The van der Waals surface area contributed by atoms with E-state index in [0.717, 1.165) is 0 Å². The minimum absolute atomic E-state index is 0.297. The first-order chi connectivity index (χ1) is 6.75. The zero-order valence-electron chi connectivity index (χ0n) is 6.80. The molecule has 0 heterocycles. The first kappa shape index (κ1) is 12.9. The van der Waals surface area contributed by atoms with E-state index in [-0.39, 0.29) is 5.56 Å². The van der Waals surface area contributed by atoms with Gasteiger partial charge in [-0.2, -0.15) is 13.2 Å². The smallest absolute Gasteiger partial charge is 0.206 e. The summed E-state index contributed by atoms with van der Waals surface area (Å²) >= 11 is 16.0. The fourth-order valence-electron chi connectivity index (χ4n) is 0.935. The third-order valence-corrected chi connectivity index (χ3v) is 2.38. The summed E-state index contributed by atoms with van der Waals surface area (Å²) < 4.78 is 49.9. The van der Waals surface area contributed by atoms with Crippen LogP contribution in [0.1, 0.15) is 16.0 Å². The van der Waals surface area contributed by atoms with Gasteiger partial charge in [-0.25, -0.2) is 4.39 Å². The zero-order valence-corrected chi connectivity index (χ0v) is 9.07. The third-order valence-electron chi connectivity index (χ3n) is 1.55. The number of rotatable bonds is 1. The van der Waals surface area contributed by atoms with Crippen molar-refractivity contribution in [3.8, 4) is 0 Å². The molecular weight excluding hydrogens is 278 g/mol. The predicted octanol–water partition coefficient (Wildman–Crippen LogP) is 4.77. The molecule has 0 atom stereocenters. The van der Waals surface area contributed by atoms with Gasteiger partial charge in [0, 0.05) is 5.56 Å². The molecule has 7 heteroatoms. The van der Waals surface area contributed by atoms with Gasteiger partial charge in [0.1, 0.15) is 16.2 Å². The molecule has 0 aromatic heterocycles. The average molecular weight is 280 g/mol. The monoisotopic (exact) mass is 279 g/mol. The topological polar surface area (TPSA) is 0 Å². The molecule has 83 valence electrons. The van der Waals surface area contributed by atoms with Crippen LogP contribution in [0, 0.1) is 11.9 Å². The Morgan fingerprint density at radius 3 is 2.20 bits per heavy atom. The van der Waals surface area contributed by atoms with Gasteiger partial charge in [0.2, 0.25) is 0 Å². The highest BCUT2D eigenvalue weighted by Gasteiger charge is 2.38. The molecule has 0 aliphatic rings. The van der Waals surface area contributed by atoms with Crippen molar-refractivity contribution in [2.75, 3.05) is 0 Å². The van der Waals surface area contributed by atoms with Crippen molar-refractivity contribution in [2.45, 2.75) is 11.0 Å². The normalized spacial score (nSPS) is 12.3. The molecule has 0 N–H and O–H groups in total. The second-order valence-electron chi connectivity index (χ2n) is 2.54. The fraction of sp³-hybridized carbons (Fsp3) is 0.250. The molecule has 0 amide bonds. The van der Waals surface area contributed by atoms with Gasteiger partial charge in [-0.15, -0.1) is 0 Å². The number of benzene rings is 1. The van der Waals surface area contributed by atoms with E-state index in [1.54, 1.807) is 0 Å². The molecule has 15 heavy (non-hydrogen) atoms. The van der Waals surface area contributed by atoms with Gasteiger partial charge in [0.25, 0.3) is 0 Å². The van der Waals surface area contributed by atoms with Crippen LogP contribution in [-0.2, 0) is 6.18 Å². The zero-order chi connectivity index (χ0) is 11.8. The van der Waals surface area contributed by atoms with E-state index in [1.165, 1.54) is 0 Å². The van der Waals surface area contributed by atoms with Crippen LogP contribution in [0.5, 0.6) is 0 Å². The van der Waals surface area contributed by atoms with E-state index in [0.29, 0.717) is 6.07 Å². The molecule has 0 aliphatic heterocycles. The summed E-state index contributed by atoms with van der Waals surface area (Å²) in [5, 5.41) is -0.863. The highest BCUT2D eigenvalue weighted by molar-refractivity contribution is 6.45. The van der Waals surface area contributed by atoms with Crippen molar-refractivity contribution in [1.82, 2.24) is 0 Å². The van der Waals surface area contributed by atoms with Gasteiger partial charge in [-0.05, 0) is 12.1 Å². The van der Waals surface area contributed by atoms with Gasteiger partial charge in [0.05, 0.1) is 5.02 Å².